The zero-order valence-electron chi connectivity index (χ0n) is 16.5. The molecule has 0 N–H and O–H groups in total. The van der Waals surface area contributed by atoms with Gasteiger partial charge in [0, 0.05) is 32.6 Å². The van der Waals surface area contributed by atoms with Crippen molar-refractivity contribution in [1.82, 2.24) is 9.80 Å². The molecule has 1 aromatic rings. The van der Waals surface area contributed by atoms with Gasteiger partial charge in [0.25, 0.3) is 0 Å². The van der Waals surface area contributed by atoms with Crippen LogP contribution in [-0.2, 0) is 20.7 Å². The fourth-order valence-corrected chi connectivity index (χ4v) is 4.68. The highest BCUT2D eigenvalue weighted by Crippen LogP contribution is 2.41. The molecule has 3 heterocycles. The van der Waals surface area contributed by atoms with Crippen molar-refractivity contribution in [2.75, 3.05) is 33.2 Å². The third kappa shape index (κ3) is 4.78. The summed E-state index contributed by atoms with van der Waals surface area (Å²) in [6, 6.07) is 6.80. The first-order chi connectivity index (χ1) is 14.2. The standard InChI is InChI=1S/C21H23Cl3N2O4/c1-25-8-10-26(11-9-25)19(27)17-15-6-7-16(30-15)18(17)20(28)29-14-4-2-13(3-5-14)12-21(22,23)24/h2-7,15-18H,8-12H2,1H3/t15-,16-,17?,18?/m1/s1. The highest BCUT2D eigenvalue weighted by Gasteiger charge is 2.54. The largest absolute Gasteiger partial charge is 0.426 e. The third-order valence-corrected chi connectivity index (χ3v) is 6.22. The molecule has 30 heavy (non-hydrogen) atoms. The lowest BCUT2D eigenvalue weighted by atomic mass is 9.82. The van der Waals surface area contributed by atoms with Crippen LogP contribution in [0.5, 0.6) is 5.75 Å². The monoisotopic (exact) mass is 472 g/mol. The molecule has 9 heteroatoms. The van der Waals surface area contributed by atoms with Gasteiger partial charge in [0.15, 0.2) is 3.79 Å². The minimum atomic E-state index is -1.39. The quantitative estimate of drug-likeness (QED) is 0.291. The summed E-state index contributed by atoms with van der Waals surface area (Å²) in [4.78, 5) is 30.2. The number of fused-ring (bicyclic) bond motifs is 2. The summed E-state index contributed by atoms with van der Waals surface area (Å²) in [6.07, 6.45) is 3.14. The van der Waals surface area contributed by atoms with Crippen LogP contribution in [0.2, 0.25) is 0 Å². The van der Waals surface area contributed by atoms with Crippen LogP contribution >= 0.6 is 34.8 Å². The molecule has 1 aromatic carbocycles. The SMILES string of the molecule is CN1CCN(C(=O)C2C(C(=O)Oc3ccc(CC(Cl)(Cl)Cl)cc3)[C@H]3C=C[C@H]2O3)CC1. The van der Waals surface area contributed by atoms with Crippen LogP contribution in [0.15, 0.2) is 36.4 Å². The number of hydrogen-bond acceptors (Lipinski definition) is 5. The van der Waals surface area contributed by atoms with Crippen molar-refractivity contribution in [2.24, 2.45) is 11.8 Å². The van der Waals surface area contributed by atoms with E-state index >= 15 is 0 Å². The highest BCUT2D eigenvalue weighted by atomic mass is 35.6. The summed E-state index contributed by atoms with van der Waals surface area (Å²) < 4.78 is 10.1. The van der Waals surface area contributed by atoms with Crippen molar-refractivity contribution in [2.45, 2.75) is 22.4 Å². The fourth-order valence-electron chi connectivity index (χ4n) is 4.21. The molecule has 162 valence electrons. The van der Waals surface area contributed by atoms with Crippen LogP contribution in [0.25, 0.3) is 0 Å². The van der Waals surface area contributed by atoms with Crippen LogP contribution in [0.4, 0.5) is 0 Å². The Kier molecular flexibility index (Phi) is 6.33. The van der Waals surface area contributed by atoms with Gasteiger partial charge < -0.3 is 19.3 Å². The maximum Gasteiger partial charge on any atom is 0.318 e. The summed E-state index contributed by atoms with van der Waals surface area (Å²) in [5, 5.41) is 0. The van der Waals surface area contributed by atoms with Gasteiger partial charge in [-0.3, -0.25) is 9.59 Å². The van der Waals surface area contributed by atoms with Crippen molar-refractivity contribution in [3.63, 3.8) is 0 Å². The second-order valence-corrected chi connectivity index (χ2v) is 10.5. The number of esters is 1. The lowest BCUT2D eigenvalue weighted by Crippen LogP contribution is -2.52. The summed E-state index contributed by atoms with van der Waals surface area (Å²) in [6.45, 7) is 2.94. The van der Waals surface area contributed by atoms with E-state index < -0.39 is 27.7 Å². The number of amides is 1. The molecule has 2 fully saturated rings. The fraction of sp³-hybridized carbons (Fsp3) is 0.524. The first-order valence-electron chi connectivity index (χ1n) is 9.90. The molecule has 0 aromatic heterocycles. The Morgan fingerprint density at radius 2 is 1.63 bits per heavy atom. The van der Waals surface area contributed by atoms with E-state index in [2.05, 4.69) is 4.90 Å². The minimum absolute atomic E-state index is 0.0417. The van der Waals surface area contributed by atoms with Gasteiger partial charge in [-0.15, -0.1) is 0 Å². The van der Waals surface area contributed by atoms with E-state index in [0.717, 1.165) is 18.7 Å². The number of carbonyl (C=O) groups is 2. The van der Waals surface area contributed by atoms with E-state index in [0.29, 0.717) is 18.8 Å². The molecule has 3 aliphatic heterocycles. The number of carbonyl (C=O) groups excluding carboxylic acids is 2. The summed E-state index contributed by atoms with van der Waals surface area (Å²) in [5.74, 6) is -1.34. The predicted octanol–water partition coefficient (Wildman–Crippen LogP) is 2.85. The van der Waals surface area contributed by atoms with Gasteiger partial charge in [-0.1, -0.05) is 59.1 Å². The van der Waals surface area contributed by atoms with Crippen LogP contribution in [0.3, 0.4) is 0 Å². The smallest absolute Gasteiger partial charge is 0.318 e. The molecular formula is C21H23Cl3N2O4. The van der Waals surface area contributed by atoms with Gasteiger partial charge in [0.2, 0.25) is 5.91 Å². The summed E-state index contributed by atoms with van der Waals surface area (Å²) in [5.41, 5.74) is 0.809. The van der Waals surface area contributed by atoms with Gasteiger partial charge >= 0.3 is 5.97 Å². The van der Waals surface area contributed by atoms with Crippen LogP contribution in [0.1, 0.15) is 5.56 Å². The van der Waals surface area contributed by atoms with E-state index in [9.17, 15) is 9.59 Å². The molecule has 2 unspecified atom stereocenters. The molecule has 2 saturated heterocycles. The van der Waals surface area contributed by atoms with Gasteiger partial charge in [0.05, 0.1) is 18.1 Å². The summed E-state index contributed by atoms with van der Waals surface area (Å²) in [7, 11) is 2.03. The Morgan fingerprint density at radius 3 is 2.23 bits per heavy atom. The average molecular weight is 474 g/mol. The molecule has 0 radical (unpaired) electrons. The summed E-state index contributed by atoms with van der Waals surface area (Å²) >= 11 is 17.5. The Morgan fingerprint density at radius 1 is 1.03 bits per heavy atom. The molecule has 4 rings (SSSR count). The Balaban J connectivity index is 1.44. The second kappa shape index (κ2) is 8.67. The van der Waals surface area contributed by atoms with Crippen molar-refractivity contribution < 1.29 is 19.1 Å². The van der Waals surface area contributed by atoms with Gasteiger partial charge in [-0.05, 0) is 24.7 Å². The number of nitrogens with zero attached hydrogens (tertiary/aromatic N) is 2. The third-order valence-electron chi connectivity index (χ3n) is 5.82. The normalized spacial score (nSPS) is 28.7. The molecule has 3 aliphatic rings. The van der Waals surface area contributed by atoms with E-state index in [1.807, 2.05) is 24.1 Å². The minimum Gasteiger partial charge on any atom is -0.426 e. The maximum absolute atomic E-state index is 13.2. The van der Waals surface area contributed by atoms with Gasteiger partial charge in [-0.25, -0.2) is 0 Å². The number of likely N-dealkylation sites (N-methyl/N-ethyl adjacent to an activating group) is 1. The molecule has 2 bridgehead atoms. The average Bonchev–Trinajstić information content (AvgIpc) is 3.30. The zero-order valence-corrected chi connectivity index (χ0v) is 18.7. The van der Waals surface area contributed by atoms with Crippen molar-refractivity contribution in [3.8, 4) is 5.75 Å². The van der Waals surface area contributed by atoms with Crippen LogP contribution < -0.4 is 4.74 Å². The van der Waals surface area contributed by atoms with Gasteiger partial charge in [0.1, 0.15) is 11.7 Å². The first kappa shape index (κ1) is 21.9. The number of piperazine rings is 1. The Bertz CT molecular complexity index is 832. The molecule has 4 atom stereocenters. The number of halogens is 3. The number of ether oxygens (including phenoxy) is 2. The zero-order chi connectivity index (χ0) is 21.5. The molecular weight excluding hydrogens is 451 g/mol. The Labute approximate surface area is 190 Å². The first-order valence-corrected chi connectivity index (χ1v) is 11.0. The number of alkyl halides is 3. The number of benzene rings is 1. The van der Waals surface area contributed by atoms with E-state index in [4.69, 9.17) is 44.3 Å². The van der Waals surface area contributed by atoms with Crippen LogP contribution in [-0.4, -0.2) is 70.9 Å². The number of rotatable bonds is 4. The molecule has 1 amide bonds. The Hall–Kier alpha value is -1.31. The maximum atomic E-state index is 13.2. The molecule has 0 aliphatic carbocycles. The van der Waals surface area contributed by atoms with E-state index in [1.165, 1.54) is 0 Å². The lowest BCUT2D eigenvalue weighted by Gasteiger charge is -2.35. The molecule has 0 saturated carbocycles. The topological polar surface area (TPSA) is 59.1 Å². The van der Waals surface area contributed by atoms with Crippen molar-refractivity contribution >= 4 is 46.7 Å². The van der Waals surface area contributed by atoms with Crippen molar-refractivity contribution in [1.29, 1.82) is 0 Å². The van der Waals surface area contributed by atoms with E-state index in [1.54, 1.807) is 24.3 Å². The lowest BCUT2D eigenvalue weighted by molar-refractivity contribution is -0.148. The molecule has 6 nitrogen and oxygen atoms in total. The van der Waals surface area contributed by atoms with E-state index in [-0.39, 0.29) is 18.4 Å². The van der Waals surface area contributed by atoms with Crippen LogP contribution in [0, 0.1) is 11.8 Å². The molecule has 0 spiro atoms. The van der Waals surface area contributed by atoms with Gasteiger partial charge in [-0.2, -0.15) is 0 Å². The second-order valence-electron chi connectivity index (χ2n) is 7.99. The predicted molar refractivity (Wildman–Crippen MR) is 115 cm³/mol. The van der Waals surface area contributed by atoms with Crippen molar-refractivity contribution in [3.05, 3.63) is 42.0 Å². The number of hydrogen-bond donors (Lipinski definition) is 0. The highest BCUT2D eigenvalue weighted by molar-refractivity contribution is 6.67.